The van der Waals surface area contributed by atoms with Gasteiger partial charge < -0.3 is 14.2 Å². The third-order valence-electron chi connectivity index (χ3n) is 12.5. The summed E-state index contributed by atoms with van der Waals surface area (Å²) in [6.07, 6.45) is 3.07. The molecule has 56 heavy (non-hydrogen) atoms. The predicted octanol–water partition coefficient (Wildman–Crippen LogP) is 14.4. The van der Waals surface area contributed by atoms with Crippen LogP contribution < -0.4 is 14.2 Å². The predicted molar refractivity (Wildman–Crippen MR) is 220 cm³/mol. The van der Waals surface area contributed by atoms with Crippen molar-refractivity contribution in [3.63, 3.8) is 0 Å². The molecule has 0 aromatic heterocycles. The van der Waals surface area contributed by atoms with E-state index in [2.05, 4.69) is 111 Å². The van der Waals surface area contributed by atoms with Gasteiger partial charge in [0.15, 0.2) is 0 Å². The van der Waals surface area contributed by atoms with Gasteiger partial charge in [-0.3, -0.25) is 0 Å². The highest BCUT2D eigenvalue weighted by atomic mass is 19.4. The number of alkyl halides is 3. The van der Waals surface area contributed by atoms with Crippen LogP contribution in [0.4, 0.5) is 13.2 Å². The number of rotatable bonds is 14. The number of hydrogen-bond acceptors (Lipinski definition) is 3. The Balaban J connectivity index is 0.953. The van der Waals surface area contributed by atoms with Gasteiger partial charge in [0.2, 0.25) is 0 Å². The number of halogens is 3. The number of benzene rings is 6. The van der Waals surface area contributed by atoms with E-state index in [0.29, 0.717) is 17.8 Å². The summed E-state index contributed by atoms with van der Waals surface area (Å²) >= 11 is 0. The Morgan fingerprint density at radius 2 is 1.12 bits per heavy atom. The van der Waals surface area contributed by atoms with Gasteiger partial charge in [0.1, 0.15) is 29.1 Å². The second-order valence-electron chi connectivity index (χ2n) is 16.6. The minimum atomic E-state index is -4.27. The molecule has 0 N–H and O–H groups in total. The van der Waals surface area contributed by atoms with Crippen molar-refractivity contribution in [3.8, 4) is 23.0 Å². The normalized spacial score (nSPS) is 20.1. The van der Waals surface area contributed by atoms with E-state index in [1.54, 1.807) is 12.1 Å². The van der Waals surface area contributed by atoms with Gasteiger partial charge >= 0.3 is 6.18 Å². The molecule has 3 nitrogen and oxygen atoms in total. The Labute approximate surface area is 328 Å². The summed E-state index contributed by atoms with van der Waals surface area (Å²) in [7, 11) is 0. The van der Waals surface area contributed by atoms with Crippen molar-refractivity contribution in [3.05, 3.63) is 144 Å². The van der Waals surface area contributed by atoms with Crippen molar-refractivity contribution < 1.29 is 27.4 Å². The first-order chi connectivity index (χ1) is 27.0. The molecule has 290 valence electrons. The van der Waals surface area contributed by atoms with Crippen LogP contribution in [0.15, 0.2) is 127 Å². The summed E-state index contributed by atoms with van der Waals surface area (Å²) in [5.41, 5.74) is 3.68. The van der Waals surface area contributed by atoms with E-state index in [9.17, 15) is 13.2 Å². The molecular weight excluding hydrogens is 706 g/mol. The molecule has 0 amide bonds. The monoisotopic (exact) mass is 756 g/mol. The molecule has 2 fully saturated rings. The van der Waals surface area contributed by atoms with E-state index in [4.69, 9.17) is 14.2 Å². The second-order valence-corrected chi connectivity index (χ2v) is 16.6. The lowest BCUT2D eigenvalue weighted by Crippen LogP contribution is -2.25. The lowest BCUT2D eigenvalue weighted by atomic mass is 9.79. The van der Waals surface area contributed by atoms with E-state index in [1.807, 2.05) is 18.2 Å². The van der Waals surface area contributed by atoms with Crippen LogP contribution in [0, 0.1) is 17.8 Å². The highest BCUT2D eigenvalue weighted by Gasteiger charge is 2.41. The standard InChI is InChI=1S/C50H51F3O3/c1-32(36-10-17-45(18-11-36)54-31-34(3)50(51,52)53)24-43(38-14-21-47(22-15-38)56-49-27-35-8-9-42(49)26-35)25-33(2)37-12-19-46(20-13-37)55-48-23-16-41-28-39-6-4-5-7-40(39)29-44(41)30-48/h4-7,10-23,28-30,32-35,42-43,49H,8-9,24-27,31H2,1-3H3. The van der Waals surface area contributed by atoms with E-state index < -0.39 is 18.7 Å². The Kier molecular flexibility index (Phi) is 11.0. The fourth-order valence-electron chi connectivity index (χ4n) is 9.01. The van der Waals surface area contributed by atoms with Crippen LogP contribution in [0.5, 0.6) is 23.0 Å². The average Bonchev–Trinajstić information content (AvgIpc) is 3.83. The van der Waals surface area contributed by atoms with Crippen LogP contribution in [-0.2, 0) is 0 Å². The molecule has 0 radical (unpaired) electrons. The molecule has 6 aromatic rings. The summed E-state index contributed by atoms with van der Waals surface area (Å²) in [4.78, 5) is 0. The maximum absolute atomic E-state index is 13.0. The van der Waals surface area contributed by atoms with Crippen molar-refractivity contribution in [1.29, 1.82) is 0 Å². The van der Waals surface area contributed by atoms with Crippen LogP contribution >= 0.6 is 0 Å². The molecule has 6 aromatic carbocycles. The Hall–Kier alpha value is -4.97. The van der Waals surface area contributed by atoms with Gasteiger partial charge in [-0.15, -0.1) is 0 Å². The van der Waals surface area contributed by atoms with Gasteiger partial charge in [0.25, 0.3) is 0 Å². The van der Waals surface area contributed by atoms with Crippen molar-refractivity contribution >= 4 is 21.5 Å². The molecule has 2 aliphatic rings. The van der Waals surface area contributed by atoms with Gasteiger partial charge in [-0.05, 0) is 167 Å². The van der Waals surface area contributed by atoms with Gasteiger partial charge in [0, 0.05) is 0 Å². The minimum Gasteiger partial charge on any atom is -0.493 e. The maximum Gasteiger partial charge on any atom is 0.394 e. The summed E-state index contributed by atoms with van der Waals surface area (Å²) < 4.78 is 57.4. The first-order valence-electron chi connectivity index (χ1n) is 20.3. The third-order valence-corrected chi connectivity index (χ3v) is 12.5. The SMILES string of the molecule is CC(CC(CC(C)c1ccc(Oc2ccc3cc4ccccc4cc3c2)cc1)c1ccc(OC2CC3CCC2C3)cc1)c1ccc(OCC(C)C(F)(F)F)cc1. The Morgan fingerprint density at radius 1 is 0.571 bits per heavy atom. The van der Waals surface area contributed by atoms with E-state index in [-0.39, 0.29) is 17.8 Å². The third kappa shape index (κ3) is 8.85. The van der Waals surface area contributed by atoms with Crippen molar-refractivity contribution in [2.45, 2.75) is 89.3 Å². The summed E-state index contributed by atoms with van der Waals surface area (Å²) in [5.74, 6) is 3.80. The van der Waals surface area contributed by atoms with Crippen LogP contribution in [0.25, 0.3) is 21.5 Å². The molecule has 7 unspecified atom stereocenters. The molecule has 7 atom stereocenters. The summed E-state index contributed by atoms with van der Waals surface area (Å²) in [6, 6.07) is 43.9. The molecule has 2 bridgehead atoms. The van der Waals surface area contributed by atoms with Crippen molar-refractivity contribution in [2.75, 3.05) is 6.61 Å². The Bertz CT molecular complexity index is 2230. The summed E-state index contributed by atoms with van der Waals surface area (Å²) in [5, 5.41) is 4.78. The zero-order valence-electron chi connectivity index (χ0n) is 32.5. The average molecular weight is 757 g/mol. The molecular formula is C50H51F3O3. The zero-order chi connectivity index (χ0) is 38.8. The van der Waals surface area contributed by atoms with Gasteiger partial charge in [0.05, 0.1) is 12.5 Å². The minimum absolute atomic E-state index is 0.219. The summed E-state index contributed by atoms with van der Waals surface area (Å²) in [6.45, 7) is 5.27. The zero-order valence-corrected chi connectivity index (χ0v) is 32.5. The van der Waals surface area contributed by atoms with E-state index in [0.717, 1.165) is 53.9 Å². The molecule has 0 saturated heterocycles. The molecule has 6 heteroatoms. The second kappa shape index (κ2) is 16.3. The van der Waals surface area contributed by atoms with E-state index >= 15 is 0 Å². The molecule has 8 rings (SSSR count). The smallest absolute Gasteiger partial charge is 0.394 e. The largest absolute Gasteiger partial charge is 0.493 e. The van der Waals surface area contributed by atoms with Gasteiger partial charge in [-0.1, -0.05) is 87.5 Å². The number of fused-ring (bicyclic) bond motifs is 4. The highest BCUT2D eigenvalue weighted by Crippen LogP contribution is 2.46. The lowest BCUT2D eigenvalue weighted by molar-refractivity contribution is -0.176. The fourth-order valence-corrected chi connectivity index (χ4v) is 9.01. The molecule has 0 aliphatic heterocycles. The van der Waals surface area contributed by atoms with Gasteiger partial charge in [-0.2, -0.15) is 13.2 Å². The number of hydrogen-bond donors (Lipinski definition) is 0. The topological polar surface area (TPSA) is 27.7 Å². The molecule has 0 spiro atoms. The first kappa shape index (κ1) is 37.9. The van der Waals surface area contributed by atoms with Crippen molar-refractivity contribution in [1.82, 2.24) is 0 Å². The van der Waals surface area contributed by atoms with Crippen LogP contribution in [0.3, 0.4) is 0 Å². The van der Waals surface area contributed by atoms with Gasteiger partial charge in [-0.25, -0.2) is 0 Å². The van der Waals surface area contributed by atoms with Crippen LogP contribution in [0.2, 0.25) is 0 Å². The fraction of sp³-hybridized carbons (Fsp3) is 0.360. The molecule has 0 heterocycles. The van der Waals surface area contributed by atoms with Crippen LogP contribution in [-0.4, -0.2) is 18.9 Å². The Morgan fingerprint density at radius 3 is 1.71 bits per heavy atom. The highest BCUT2D eigenvalue weighted by molar-refractivity contribution is 5.98. The molecule has 2 aliphatic carbocycles. The van der Waals surface area contributed by atoms with Crippen LogP contribution in [0.1, 0.15) is 93.7 Å². The molecule has 2 saturated carbocycles. The lowest BCUT2D eigenvalue weighted by Gasteiger charge is -2.26. The quantitative estimate of drug-likeness (QED) is 0.104. The number of ether oxygens (including phenoxy) is 3. The first-order valence-corrected chi connectivity index (χ1v) is 20.3. The maximum atomic E-state index is 13.0. The van der Waals surface area contributed by atoms with Crippen molar-refractivity contribution in [2.24, 2.45) is 17.8 Å². The van der Waals surface area contributed by atoms with E-state index in [1.165, 1.54) is 53.0 Å².